The third kappa shape index (κ3) is 5.18. The molecule has 0 heterocycles. The quantitative estimate of drug-likeness (QED) is 0.606. The number of hydrogen-bond acceptors (Lipinski definition) is 3. The number of nitrogens with one attached hydrogen (secondary N) is 1. The highest BCUT2D eigenvalue weighted by molar-refractivity contribution is 6.30. The molecule has 0 aromatic heterocycles. The van der Waals surface area contributed by atoms with Crippen molar-refractivity contribution in [2.24, 2.45) is 0 Å². The van der Waals surface area contributed by atoms with E-state index in [0.717, 1.165) is 16.9 Å². The summed E-state index contributed by atoms with van der Waals surface area (Å²) in [5.41, 5.74) is 2.33. The van der Waals surface area contributed by atoms with E-state index < -0.39 is 0 Å². The van der Waals surface area contributed by atoms with Crippen LogP contribution in [0.1, 0.15) is 24.0 Å². The zero-order chi connectivity index (χ0) is 16.8. The lowest BCUT2D eigenvalue weighted by Crippen LogP contribution is -2.13. The lowest BCUT2D eigenvalue weighted by Gasteiger charge is -2.10. The number of hydrogen-bond donors (Lipinski definition) is 2. The maximum Gasteiger partial charge on any atom is 0.224 e. The molecular weight excluding hydrogens is 314 g/mol. The summed E-state index contributed by atoms with van der Waals surface area (Å²) in [4.78, 5) is 11.9. The molecule has 2 rings (SSSR count). The number of phenols is 1. The highest BCUT2D eigenvalue weighted by Crippen LogP contribution is 2.24. The van der Waals surface area contributed by atoms with E-state index in [1.807, 2.05) is 32.0 Å². The number of aromatic hydroxyl groups is 1. The van der Waals surface area contributed by atoms with E-state index >= 15 is 0 Å². The first-order valence-corrected chi connectivity index (χ1v) is 7.82. The van der Waals surface area contributed by atoms with E-state index in [1.54, 1.807) is 18.2 Å². The summed E-state index contributed by atoms with van der Waals surface area (Å²) >= 11 is 5.89. The van der Waals surface area contributed by atoms with Gasteiger partial charge >= 0.3 is 0 Å². The highest BCUT2D eigenvalue weighted by Gasteiger charge is 2.07. The number of phenolic OH excluding ortho intramolecular Hbond substituents is 1. The predicted molar refractivity (Wildman–Crippen MR) is 92.4 cm³/mol. The van der Waals surface area contributed by atoms with Crippen LogP contribution in [0, 0.1) is 13.8 Å². The van der Waals surface area contributed by atoms with Gasteiger partial charge in [-0.1, -0.05) is 17.7 Å². The lowest BCUT2D eigenvalue weighted by molar-refractivity contribution is -0.116. The molecule has 0 saturated carbocycles. The summed E-state index contributed by atoms with van der Waals surface area (Å²) in [7, 11) is 0. The van der Waals surface area contributed by atoms with Crippen LogP contribution in [0.3, 0.4) is 0 Å². The molecule has 0 aliphatic rings. The Morgan fingerprint density at radius 3 is 2.70 bits per heavy atom. The van der Waals surface area contributed by atoms with Gasteiger partial charge in [0.05, 0.1) is 12.3 Å². The number of ether oxygens (including phenoxy) is 1. The molecule has 23 heavy (non-hydrogen) atoms. The van der Waals surface area contributed by atoms with Crippen LogP contribution in [0.25, 0.3) is 0 Å². The van der Waals surface area contributed by atoms with Crippen molar-refractivity contribution in [3.05, 3.63) is 52.5 Å². The normalized spacial score (nSPS) is 10.4. The Morgan fingerprint density at radius 2 is 2.00 bits per heavy atom. The number of amides is 1. The van der Waals surface area contributed by atoms with Crippen LogP contribution in [0.4, 0.5) is 5.69 Å². The molecule has 4 nitrogen and oxygen atoms in total. The number of rotatable bonds is 6. The maximum atomic E-state index is 11.9. The largest absolute Gasteiger partial charge is 0.506 e. The van der Waals surface area contributed by atoms with E-state index in [4.69, 9.17) is 16.3 Å². The molecule has 0 saturated heterocycles. The van der Waals surface area contributed by atoms with Crippen LogP contribution in [0.5, 0.6) is 11.5 Å². The van der Waals surface area contributed by atoms with Crippen molar-refractivity contribution >= 4 is 23.2 Å². The van der Waals surface area contributed by atoms with Gasteiger partial charge in [0.15, 0.2) is 0 Å². The van der Waals surface area contributed by atoms with Crippen LogP contribution in [0.15, 0.2) is 36.4 Å². The molecular formula is C18H20ClNO3. The van der Waals surface area contributed by atoms with Crippen LogP contribution in [-0.4, -0.2) is 17.6 Å². The Labute approximate surface area is 141 Å². The van der Waals surface area contributed by atoms with E-state index in [9.17, 15) is 9.90 Å². The maximum absolute atomic E-state index is 11.9. The molecule has 0 bridgehead atoms. The van der Waals surface area contributed by atoms with Crippen molar-refractivity contribution in [3.8, 4) is 11.5 Å². The fraction of sp³-hybridized carbons (Fsp3) is 0.278. The number of halogens is 1. The molecule has 0 radical (unpaired) electrons. The summed E-state index contributed by atoms with van der Waals surface area (Å²) in [6.07, 6.45) is 0.903. The number of anilines is 1. The first-order chi connectivity index (χ1) is 11.0. The van der Waals surface area contributed by atoms with Gasteiger partial charge in [0.1, 0.15) is 11.5 Å². The van der Waals surface area contributed by atoms with Gasteiger partial charge in [-0.2, -0.15) is 0 Å². The monoisotopic (exact) mass is 333 g/mol. The summed E-state index contributed by atoms with van der Waals surface area (Å²) in [5, 5.41) is 13.1. The molecule has 0 aliphatic carbocycles. The van der Waals surface area contributed by atoms with Gasteiger partial charge in [-0.25, -0.2) is 0 Å². The standard InChI is InChI=1S/C18H20ClNO3/c1-12-5-7-15(16(21)10-12)20-18(22)4-3-9-23-17-8-6-14(19)11-13(17)2/h5-8,10-11,21H,3-4,9H2,1-2H3,(H,20,22). The number of carbonyl (C=O) groups excluding carboxylic acids is 1. The summed E-state index contributed by atoms with van der Waals surface area (Å²) in [6.45, 7) is 4.24. The van der Waals surface area contributed by atoms with Crippen LogP contribution >= 0.6 is 11.6 Å². The third-order valence-corrected chi connectivity index (χ3v) is 3.61. The van der Waals surface area contributed by atoms with E-state index in [2.05, 4.69) is 5.32 Å². The van der Waals surface area contributed by atoms with Crippen LogP contribution in [-0.2, 0) is 4.79 Å². The molecule has 0 aliphatic heterocycles. The minimum atomic E-state index is -0.152. The Morgan fingerprint density at radius 1 is 1.22 bits per heavy atom. The molecule has 2 aromatic rings. The smallest absolute Gasteiger partial charge is 0.224 e. The van der Waals surface area contributed by atoms with Gasteiger partial charge in [-0.05, 0) is 61.7 Å². The second-order valence-corrected chi connectivity index (χ2v) is 5.87. The molecule has 5 heteroatoms. The fourth-order valence-electron chi connectivity index (χ4n) is 2.15. The minimum absolute atomic E-state index is 0.0754. The average molecular weight is 334 g/mol. The SMILES string of the molecule is Cc1ccc(NC(=O)CCCOc2ccc(Cl)cc2C)c(O)c1. The van der Waals surface area contributed by atoms with Gasteiger partial charge in [0.25, 0.3) is 0 Å². The van der Waals surface area contributed by atoms with Crippen molar-refractivity contribution in [1.29, 1.82) is 0 Å². The van der Waals surface area contributed by atoms with Crippen LogP contribution in [0.2, 0.25) is 5.02 Å². The van der Waals surface area contributed by atoms with Gasteiger partial charge in [-0.3, -0.25) is 4.79 Å². The Hall–Kier alpha value is -2.20. The number of aryl methyl sites for hydroxylation is 2. The van der Waals surface area contributed by atoms with Gasteiger partial charge in [0, 0.05) is 11.4 Å². The molecule has 0 unspecified atom stereocenters. The van der Waals surface area contributed by atoms with E-state index in [1.165, 1.54) is 0 Å². The molecule has 1 amide bonds. The molecule has 0 spiro atoms. The van der Waals surface area contributed by atoms with E-state index in [-0.39, 0.29) is 11.7 Å². The number of carbonyl (C=O) groups is 1. The lowest BCUT2D eigenvalue weighted by atomic mass is 10.2. The second-order valence-electron chi connectivity index (χ2n) is 5.43. The van der Waals surface area contributed by atoms with Crippen molar-refractivity contribution in [2.45, 2.75) is 26.7 Å². The summed E-state index contributed by atoms with van der Waals surface area (Å²) in [5.74, 6) is 0.693. The summed E-state index contributed by atoms with van der Waals surface area (Å²) in [6, 6.07) is 10.6. The van der Waals surface area contributed by atoms with Crippen LogP contribution < -0.4 is 10.1 Å². The first kappa shape index (κ1) is 17.2. The first-order valence-electron chi connectivity index (χ1n) is 7.44. The highest BCUT2D eigenvalue weighted by atomic mass is 35.5. The van der Waals surface area contributed by atoms with Crippen molar-refractivity contribution < 1.29 is 14.6 Å². The zero-order valence-corrected chi connectivity index (χ0v) is 14.0. The zero-order valence-electron chi connectivity index (χ0n) is 13.2. The number of benzene rings is 2. The molecule has 2 aromatic carbocycles. The third-order valence-electron chi connectivity index (χ3n) is 3.37. The second kappa shape index (κ2) is 7.88. The molecule has 122 valence electrons. The predicted octanol–water partition coefficient (Wildman–Crippen LogP) is 4.46. The van der Waals surface area contributed by atoms with Crippen molar-refractivity contribution in [2.75, 3.05) is 11.9 Å². The minimum Gasteiger partial charge on any atom is -0.506 e. The molecule has 0 fully saturated rings. The summed E-state index contributed by atoms with van der Waals surface area (Å²) < 4.78 is 5.64. The van der Waals surface area contributed by atoms with Crippen molar-refractivity contribution in [1.82, 2.24) is 0 Å². The van der Waals surface area contributed by atoms with Gasteiger partial charge in [-0.15, -0.1) is 0 Å². The van der Waals surface area contributed by atoms with Gasteiger partial charge in [0.2, 0.25) is 5.91 Å². The van der Waals surface area contributed by atoms with E-state index in [0.29, 0.717) is 30.2 Å². The fourth-order valence-corrected chi connectivity index (χ4v) is 2.38. The van der Waals surface area contributed by atoms with Gasteiger partial charge < -0.3 is 15.2 Å². The topological polar surface area (TPSA) is 58.6 Å². The Kier molecular flexibility index (Phi) is 5.88. The molecule has 2 N–H and O–H groups in total. The average Bonchev–Trinajstić information content (AvgIpc) is 2.48. The Balaban J connectivity index is 1.76. The molecule has 0 atom stereocenters. The van der Waals surface area contributed by atoms with Crippen molar-refractivity contribution in [3.63, 3.8) is 0 Å². The Bertz CT molecular complexity index is 701.